The highest BCUT2D eigenvalue weighted by Gasteiger charge is 1.92. The Bertz CT molecular complexity index is 195. The average molecular weight is 168 g/mol. The van der Waals surface area contributed by atoms with E-state index < -0.39 is 0 Å². The van der Waals surface area contributed by atoms with Crippen LogP contribution in [-0.2, 0) is 4.79 Å². The molecular formula is C9H16N2O. The predicted octanol–water partition coefficient (Wildman–Crippen LogP) is 0.754. The summed E-state index contributed by atoms with van der Waals surface area (Å²) >= 11 is 0. The minimum absolute atomic E-state index is 0.121. The zero-order chi connectivity index (χ0) is 9.56. The van der Waals surface area contributed by atoms with Crippen molar-refractivity contribution in [1.29, 1.82) is 0 Å². The maximum absolute atomic E-state index is 11.0. The third kappa shape index (κ3) is 7.02. The van der Waals surface area contributed by atoms with Gasteiger partial charge in [-0.2, -0.15) is 0 Å². The molecular weight excluding hydrogens is 152 g/mol. The molecule has 0 aromatic heterocycles. The lowest BCUT2D eigenvalue weighted by Gasteiger charge is -2.03. The Kier molecular flexibility index (Phi) is 5.04. The van der Waals surface area contributed by atoms with Crippen LogP contribution in [-0.4, -0.2) is 31.4 Å². The van der Waals surface area contributed by atoms with E-state index in [1.54, 1.807) is 13.0 Å². The quantitative estimate of drug-likeness (QED) is 0.628. The molecule has 0 saturated carbocycles. The van der Waals surface area contributed by atoms with Crippen LogP contribution in [0, 0.1) is 0 Å². The van der Waals surface area contributed by atoms with Gasteiger partial charge in [0.15, 0.2) is 0 Å². The molecule has 3 nitrogen and oxygen atoms in total. The van der Waals surface area contributed by atoms with E-state index in [9.17, 15) is 4.79 Å². The summed E-state index contributed by atoms with van der Waals surface area (Å²) in [6.07, 6.45) is 3.31. The van der Waals surface area contributed by atoms with Crippen LogP contribution >= 0.6 is 0 Å². The van der Waals surface area contributed by atoms with E-state index in [1.807, 2.05) is 19.0 Å². The summed E-state index contributed by atoms with van der Waals surface area (Å²) < 4.78 is 0. The summed E-state index contributed by atoms with van der Waals surface area (Å²) in [5.74, 6) is -0.121. The first kappa shape index (κ1) is 10.9. The fraction of sp³-hybridized carbons (Fsp3) is 0.444. The smallest absolute Gasteiger partial charge is 0.247 e. The van der Waals surface area contributed by atoms with Crippen molar-refractivity contribution in [2.75, 3.05) is 20.6 Å². The lowest BCUT2D eigenvalue weighted by molar-refractivity contribution is -0.115. The second-order valence-corrected chi connectivity index (χ2v) is 2.93. The number of nitrogens with zero attached hydrogens (tertiary/aromatic N) is 1. The monoisotopic (exact) mass is 168 g/mol. The summed E-state index contributed by atoms with van der Waals surface area (Å²) in [7, 11) is 3.89. The number of carbonyl (C=O) groups excluding carboxylic acids is 1. The van der Waals surface area contributed by atoms with Gasteiger partial charge in [0.25, 0.3) is 0 Å². The van der Waals surface area contributed by atoms with E-state index in [-0.39, 0.29) is 5.91 Å². The van der Waals surface area contributed by atoms with E-state index in [2.05, 4.69) is 11.9 Å². The number of likely N-dealkylation sites (N-methyl/N-ethyl adjacent to an activating group) is 1. The van der Waals surface area contributed by atoms with E-state index in [1.165, 1.54) is 6.08 Å². The highest BCUT2D eigenvalue weighted by molar-refractivity contribution is 5.88. The van der Waals surface area contributed by atoms with Crippen LogP contribution in [0.25, 0.3) is 0 Å². The number of nitrogens with one attached hydrogen (secondary N) is 1. The first-order valence-corrected chi connectivity index (χ1v) is 3.80. The molecule has 0 rings (SSSR count). The lowest BCUT2D eigenvalue weighted by atomic mass is 10.4. The maximum atomic E-state index is 11.0. The van der Waals surface area contributed by atoms with Gasteiger partial charge in [-0.15, -0.1) is 0 Å². The summed E-state index contributed by atoms with van der Waals surface area (Å²) in [4.78, 5) is 12.9. The maximum Gasteiger partial charge on any atom is 0.247 e. The van der Waals surface area contributed by atoms with E-state index >= 15 is 0 Å². The minimum atomic E-state index is -0.121. The van der Waals surface area contributed by atoms with Gasteiger partial charge in [-0.1, -0.05) is 12.7 Å². The van der Waals surface area contributed by atoms with Crippen molar-refractivity contribution in [1.82, 2.24) is 10.2 Å². The molecule has 0 aliphatic rings. The standard InChI is InChI=1S/C9H16N2O/c1-8(2)10-9(12)6-5-7-11(3)4/h5-6H,1,7H2,2-4H3,(H,10,12)/b6-5+. The molecule has 3 heteroatoms. The van der Waals surface area contributed by atoms with Crippen LogP contribution in [0.15, 0.2) is 24.4 Å². The molecule has 0 aromatic carbocycles. The first-order chi connectivity index (χ1) is 5.52. The number of carbonyl (C=O) groups is 1. The van der Waals surface area contributed by atoms with Crippen LogP contribution in [0.5, 0.6) is 0 Å². The fourth-order valence-corrected chi connectivity index (χ4v) is 0.623. The second-order valence-electron chi connectivity index (χ2n) is 2.93. The van der Waals surface area contributed by atoms with E-state index in [0.29, 0.717) is 5.70 Å². The summed E-state index contributed by atoms with van der Waals surface area (Å²) in [5.41, 5.74) is 0.662. The SMILES string of the molecule is C=C(C)NC(=O)/C=C/CN(C)C. The fourth-order valence-electron chi connectivity index (χ4n) is 0.623. The van der Waals surface area contributed by atoms with Gasteiger partial charge in [0.2, 0.25) is 5.91 Å². The highest BCUT2D eigenvalue weighted by atomic mass is 16.1. The van der Waals surface area contributed by atoms with Crippen molar-refractivity contribution in [2.24, 2.45) is 0 Å². The molecule has 12 heavy (non-hydrogen) atoms. The molecule has 0 atom stereocenters. The Balaban J connectivity index is 3.68. The molecule has 0 aliphatic heterocycles. The Morgan fingerprint density at radius 2 is 2.17 bits per heavy atom. The number of hydrogen-bond donors (Lipinski definition) is 1. The van der Waals surface area contributed by atoms with Crippen molar-refractivity contribution in [3.8, 4) is 0 Å². The van der Waals surface area contributed by atoms with Crippen molar-refractivity contribution in [3.05, 3.63) is 24.4 Å². The van der Waals surface area contributed by atoms with E-state index in [4.69, 9.17) is 0 Å². The zero-order valence-electron chi connectivity index (χ0n) is 7.92. The number of allylic oxidation sites excluding steroid dienone is 1. The summed E-state index contributed by atoms with van der Waals surface area (Å²) in [6.45, 7) is 6.08. The van der Waals surface area contributed by atoms with Gasteiger partial charge in [0.1, 0.15) is 0 Å². The zero-order valence-corrected chi connectivity index (χ0v) is 7.92. The normalized spacial score (nSPS) is 10.7. The molecule has 0 fully saturated rings. The molecule has 1 amide bonds. The Morgan fingerprint density at radius 1 is 1.58 bits per heavy atom. The largest absolute Gasteiger partial charge is 0.327 e. The van der Waals surface area contributed by atoms with Gasteiger partial charge < -0.3 is 10.2 Å². The topological polar surface area (TPSA) is 32.3 Å². The molecule has 0 aliphatic carbocycles. The highest BCUT2D eigenvalue weighted by Crippen LogP contribution is 1.82. The number of hydrogen-bond acceptors (Lipinski definition) is 2. The third-order valence-corrected chi connectivity index (χ3v) is 1.08. The van der Waals surface area contributed by atoms with Gasteiger partial charge >= 0.3 is 0 Å². The van der Waals surface area contributed by atoms with Crippen LogP contribution in [0.4, 0.5) is 0 Å². The van der Waals surface area contributed by atoms with Gasteiger partial charge in [0, 0.05) is 18.3 Å². The van der Waals surface area contributed by atoms with Gasteiger partial charge in [-0.3, -0.25) is 4.79 Å². The Morgan fingerprint density at radius 3 is 2.58 bits per heavy atom. The Hall–Kier alpha value is -1.09. The molecule has 1 N–H and O–H groups in total. The van der Waals surface area contributed by atoms with Crippen molar-refractivity contribution < 1.29 is 4.79 Å². The third-order valence-electron chi connectivity index (χ3n) is 1.08. The van der Waals surface area contributed by atoms with Crippen LogP contribution in [0.2, 0.25) is 0 Å². The van der Waals surface area contributed by atoms with Gasteiger partial charge in [-0.25, -0.2) is 0 Å². The van der Waals surface area contributed by atoms with Gasteiger partial charge in [0.05, 0.1) is 0 Å². The molecule has 0 saturated heterocycles. The van der Waals surface area contributed by atoms with Crippen molar-refractivity contribution in [2.45, 2.75) is 6.92 Å². The predicted molar refractivity (Wildman–Crippen MR) is 50.7 cm³/mol. The lowest BCUT2D eigenvalue weighted by Crippen LogP contribution is -2.18. The van der Waals surface area contributed by atoms with Crippen LogP contribution in [0.3, 0.4) is 0 Å². The van der Waals surface area contributed by atoms with Crippen LogP contribution in [0.1, 0.15) is 6.92 Å². The number of rotatable bonds is 4. The molecule has 0 heterocycles. The van der Waals surface area contributed by atoms with Crippen molar-refractivity contribution >= 4 is 5.91 Å². The average Bonchev–Trinajstić information content (AvgIpc) is 1.84. The second kappa shape index (κ2) is 5.55. The molecule has 0 aromatic rings. The molecule has 0 spiro atoms. The molecule has 0 unspecified atom stereocenters. The van der Waals surface area contributed by atoms with Crippen LogP contribution < -0.4 is 5.32 Å². The Labute approximate surface area is 73.8 Å². The van der Waals surface area contributed by atoms with Gasteiger partial charge in [-0.05, 0) is 21.0 Å². The number of amides is 1. The van der Waals surface area contributed by atoms with E-state index in [0.717, 1.165) is 6.54 Å². The summed E-state index contributed by atoms with van der Waals surface area (Å²) in [5, 5.41) is 2.58. The summed E-state index contributed by atoms with van der Waals surface area (Å²) in [6, 6.07) is 0. The first-order valence-electron chi connectivity index (χ1n) is 3.80. The van der Waals surface area contributed by atoms with Crippen molar-refractivity contribution in [3.63, 3.8) is 0 Å². The molecule has 0 bridgehead atoms. The molecule has 68 valence electrons. The molecule has 0 radical (unpaired) electrons. The minimum Gasteiger partial charge on any atom is -0.327 e.